The smallest absolute Gasteiger partial charge is 0.0758 e. The molecule has 0 bridgehead atoms. The first-order chi connectivity index (χ1) is 9.59. The van der Waals surface area contributed by atoms with Crippen LogP contribution in [0.5, 0.6) is 0 Å². The van der Waals surface area contributed by atoms with Crippen molar-refractivity contribution in [3.63, 3.8) is 0 Å². The maximum absolute atomic E-state index is 9.83. The van der Waals surface area contributed by atoms with Crippen LogP contribution in [0.15, 0.2) is 23.8 Å². The molecule has 0 heterocycles. The van der Waals surface area contributed by atoms with Crippen LogP contribution in [-0.4, -0.2) is 17.3 Å². The van der Waals surface area contributed by atoms with Crippen LogP contribution in [0.25, 0.3) is 0 Å². The predicted octanol–water partition coefficient (Wildman–Crippen LogP) is 3.02. The van der Waals surface area contributed by atoms with E-state index in [1.165, 1.54) is 37.7 Å². The van der Waals surface area contributed by atoms with Crippen molar-refractivity contribution in [3.05, 3.63) is 23.8 Å². The van der Waals surface area contributed by atoms with E-state index in [9.17, 15) is 5.11 Å². The molecule has 0 saturated heterocycles. The Balaban J connectivity index is 1.65. The minimum absolute atomic E-state index is 0.247. The van der Waals surface area contributed by atoms with Gasteiger partial charge in [-0.2, -0.15) is 0 Å². The third-order valence-electron chi connectivity index (χ3n) is 7.09. The molecule has 2 saturated carbocycles. The molecule has 0 aromatic carbocycles. The van der Waals surface area contributed by atoms with E-state index in [4.69, 9.17) is 5.73 Å². The van der Waals surface area contributed by atoms with Crippen molar-refractivity contribution in [2.45, 2.75) is 57.6 Å². The second-order valence-electron chi connectivity index (χ2n) is 7.86. The first-order valence-electron chi connectivity index (χ1n) is 8.40. The summed E-state index contributed by atoms with van der Waals surface area (Å²) in [6, 6.07) is 0.419. The van der Waals surface area contributed by atoms with E-state index >= 15 is 0 Å². The molecule has 4 rings (SSSR count). The van der Waals surface area contributed by atoms with E-state index in [1.54, 1.807) is 0 Å². The number of aliphatic hydroxyl groups excluding tert-OH is 1. The molecule has 4 aliphatic carbocycles. The van der Waals surface area contributed by atoms with Gasteiger partial charge in [-0.15, -0.1) is 0 Å². The highest BCUT2D eigenvalue weighted by atomic mass is 16.3. The third-order valence-corrected chi connectivity index (χ3v) is 7.09. The Bertz CT molecular complexity index is 468. The monoisotopic (exact) mass is 273 g/mol. The topological polar surface area (TPSA) is 46.2 Å². The van der Waals surface area contributed by atoms with Gasteiger partial charge in [0.25, 0.3) is 0 Å². The van der Waals surface area contributed by atoms with Gasteiger partial charge < -0.3 is 10.8 Å². The minimum Gasteiger partial charge on any atom is -0.389 e. The van der Waals surface area contributed by atoms with E-state index in [0.717, 1.165) is 24.2 Å². The highest BCUT2D eigenvalue weighted by Gasteiger charge is 2.54. The Morgan fingerprint density at radius 3 is 2.90 bits per heavy atom. The van der Waals surface area contributed by atoms with Crippen LogP contribution in [0.2, 0.25) is 0 Å². The SMILES string of the molecule is C[C@]12CC[C@H]3[C@@H](CC=C4C[C@H](O)C=C[C@@H]43)[C@@H]1CC[C@@H]2N. The molecule has 7 atom stereocenters. The normalized spacial score (nSPS) is 53.9. The van der Waals surface area contributed by atoms with Crippen molar-refractivity contribution in [2.24, 2.45) is 34.8 Å². The fourth-order valence-corrected chi connectivity index (χ4v) is 5.88. The predicted molar refractivity (Wildman–Crippen MR) is 81.0 cm³/mol. The maximum Gasteiger partial charge on any atom is 0.0758 e. The van der Waals surface area contributed by atoms with Crippen molar-refractivity contribution < 1.29 is 5.11 Å². The van der Waals surface area contributed by atoms with E-state index in [0.29, 0.717) is 17.4 Å². The Labute approximate surface area is 122 Å². The van der Waals surface area contributed by atoms with Crippen LogP contribution < -0.4 is 5.73 Å². The van der Waals surface area contributed by atoms with Crippen molar-refractivity contribution >= 4 is 0 Å². The highest BCUT2D eigenvalue weighted by molar-refractivity contribution is 5.27. The molecule has 4 aliphatic rings. The summed E-state index contributed by atoms with van der Waals surface area (Å²) < 4.78 is 0. The summed E-state index contributed by atoms with van der Waals surface area (Å²) in [4.78, 5) is 0. The van der Waals surface area contributed by atoms with Gasteiger partial charge in [-0.05, 0) is 61.7 Å². The number of rotatable bonds is 0. The number of fused-ring (bicyclic) bond motifs is 5. The van der Waals surface area contributed by atoms with Gasteiger partial charge in [0.05, 0.1) is 6.10 Å². The summed E-state index contributed by atoms with van der Waals surface area (Å²) in [6.07, 6.45) is 13.8. The average Bonchev–Trinajstić information content (AvgIpc) is 2.74. The van der Waals surface area contributed by atoms with Crippen LogP contribution in [0.1, 0.15) is 45.4 Å². The van der Waals surface area contributed by atoms with Gasteiger partial charge in [-0.25, -0.2) is 0 Å². The summed E-state index contributed by atoms with van der Waals surface area (Å²) in [7, 11) is 0. The summed E-state index contributed by atoms with van der Waals surface area (Å²) in [5.41, 5.74) is 8.33. The summed E-state index contributed by atoms with van der Waals surface area (Å²) in [5, 5.41) is 9.83. The lowest BCUT2D eigenvalue weighted by atomic mass is 9.53. The molecule has 0 amide bonds. The molecule has 3 N–H and O–H groups in total. The Kier molecular flexibility index (Phi) is 2.91. The van der Waals surface area contributed by atoms with Gasteiger partial charge in [0.15, 0.2) is 0 Å². The fourth-order valence-electron chi connectivity index (χ4n) is 5.88. The number of hydrogen-bond donors (Lipinski definition) is 2. The van der Waals surface area contributed by atoms with Crippen LogP contribution in [0.3, 0.4) is 0 Å². The number of hydrogen-bond acceptors (Lipinski definition) is 2. The van der Waals surface area contributed by atoms with Gasteiger partial charge in [0.1, 0.15) is 0 Å². The van der Waals surface area contributed by atoms with Gasteiger partial charge in [0, 0.05) is 12.0 Å². The van der Waals surface area contributed by atoms with Crippen LogP contribution in [0, 0.1) is 29.1 Å². The molecule has 2 nitrogen and oxygen atoms in total. The zero-order valence-electron chi connectivity index (χ0n) is 12.5. The third kappa shape index (κ3) is 1.70. The molecule has 20 heavy (non-hydrogen) atoms. The summed E-state index contributed by atoms with van der Waals surface area (Å²) >= 11 is 0. The Morgan fingerprint density at radius 2 is 2.05 bits per heavy atom. The number of allylic oxidation sites excluding steroid dienone is 2. The highest BCUT2D eigenvalue weighted by Crippen LogP contribution is 2.60. The molecule has 0 radical (unpaired) electrons. The quantitative estimate of drug-likeness (QED) is 0.666. The first-order valence-corrected chi connectivity index (χ1v) is 8.40. The van der Waals surface area contributed by atoms with Gasteiger partial charge >= 0.3 is 0 Å². The number of nitrogens with two attached hydrogens (primary N) is 1. The molecule has 2 fully saturated rings. The Morgan fingerprint density at radius 1 is 1.20 bits per heavy atom. The molecule has 0 aliphatic heterocycles. The second kappa shape index (κ2) is 4.45. The van der Waals surface area contributed by atoms with Crippen LogP contribution in [-0.2, 0) is 0 Å². The summed E-state index contributed by atoms with van der Waals surface area (Å²) in [6.45, 7) is 2.45. The molecule has 0 aromatic rings. The molecule has 0 unspecified atom stereocenters. The van der Waals surface area contributed by atoms with Crippen molar-refractivity contribution in [1.82, 2.24) is 0 Å². The molecular weight excluding hydrogens is 246 g/mol. The van der Waals surface area contributed by atoms with E-state index in [1.807, 2.05) is 6.08 Å². The first kappa shape index (κ1) is 13.1. The zero-order valence-corrected chi connectivity index (χ0v) is 12.5. The van der Waals surface area contributed by atoms with E-state index < -0.39 is 0 Å². The summed E-state index contributed by atoms with van der Waals surface area (Å²) in [5.74, 6) is 3.07. The largest absolute Gasteiger partial charge is 0.389 e. The van der Waals surface area contributed by atoms with Crippen molar-refractivity contribution in [1.29, 1.82) is 0 Å². The van der Waals surface area contributed by atoms with Crippen LogP contribution >= 0.6 is 0 Å². The standard InChI is InChI=1S/C18H27NO/c1-18-9-8-14-13-5-3-12(20)10-11(13)2-4-15(14)16(18)6-7-17(18)19/h2-3,5,12-17,20H,4,6-10,19H2,1H3/t12-,13+,14-,15-,16+,17+,18+/m1/s1. The molecule has 0 aromatic heterocycles. The molecular formula is C18H27NO. The Hall–Kier alpha value is -0.600. The zero-order chi connectivity index (χ0) is 13.9. The van der Waals surface area contributed by atoms with Gasteiger partial charge in [0.2, 0.25) is 0 Å². The molecule has 0 spiro atoms. The molecule has 110 valence electrons. The average molecular weight is 273 g/mol. The minimum atomic E-state index is -0.247. The number of aliphatic hydroxyl groups is 1. The van der Waals surface area contributed by atoms with E-state index in [2.05, 4.69) is 19.1 Å². The van der Waals surface area contributed by atoms with Crippen molar-refractivity contribution in [3.8, 4) is 0 Å². The lowest BCUT2D eigenvalue weighted by Crippen LogP contribution is -2.48. The molecule has 2 heteroatoms. The van der Waals surface area contributed by atoms with Gasteiger partial charge in [-0.3, -0.25) is 0 Å². The maximum atomic E-state index is 9.83. The van der Waals surface area contributed by atoms with Crippen molar-refractivity contribution in [2.75, 3.05) is 0 Å². The van der Waals surface area contributed by atoms with Crippen LogP contribution in [0.4, 0.5) is 0 Å². The fraction of sp³-hybridized carbons (Fsp3) is 0.778. The lowest BCUT2D eigenvalue weighted by molar-refractivity contribution is 0.0132. The van der Waals surface area contributed by atoms with E-state index in [-0.39, 0.29) is 6.10 Å². The lowest BCUT2D eigenvalue weighted by Gasteiger charge is -2.52. The van der Waals surface area contributed by atoms with Gasteiger partial charge in [-0.1, -0.05) is 30.7 Å². The second-order valence-corrected chi connectivity index (χ2v) is 7.86.